The molecule has 0 unspecified atom stereocenters. The molecule has 4 nitrogen and oxygen atoms in total. The van der Waals surface area contributed by atoms with E-state index in [4.69, 9.17) is 5.11 Å². The molecule has 1 aromatic rings. The number of benzene rings is 1. The average Bonchev–Trinajstić information content (AvgIpc) is 2.41. The fourth-order valence-electron chi connectivity index (χ4n) is 1.89. The lowest BCUT2D eigenvalue weighted by Crippen LogP contribution is -2.24. The van der Waals surface area contributed by atoms with Gasteiger partial charge in [0.25, 0.3) is 0 Å². The van der Waals surface area contributed by atoms with Crippen LogP contribution >= 0.6 is 0 Å². The van der Waals surface area contributed by atoms with Gasteiger partial charge in [-0.2, -0.15) is 0 Å². The first-order valence-electron chi connectivity index (χ1n) is 6.73. The number of hydrogen-bond acceptors (Lipinski definition) is 2. The Labute approximate surface area is 113 Å². The third-order valence-electron chi connectivity index (χ3n) is 2.97. The van der Waals surface area contributed by atoms with E-state index in [0.29, 0.717) is 24.9 Å². The summed E-state index contributed by atoms with van der Waals surface area (Å²) >= 11 is 0. The van der Waals surface area contributed by atoms with Crippen LogP contribution in [0.3, 0.4) is 0 Å². The maximum absolute atomic E-state index is 11.6. The van der Waals surface area contributed by atoms with Crippen molar-refractivity contribution in [3.8, 4) is 0 Å². The Balaban J connectivity index is 2.40. The molecule has 1 aromatic carbocycles. The van der Waals surface area contributed by atoms with Gasteiger partial charge >= 0.3 is 5.97 Å². The van der Waals surface area contributed by atoms with E-state index in [-0.39, 0.29) is 11.5 Å². The largest absolute Gasteiger partial charge is 0.478 e. The SMILES string of the molecule is CCCCCNC(=O)CCc1ccccc1C(=O)O. The third kappa shape index (κ3) is 5.55. The zero-order valence-corrected chi connectivity index (χ0v) is 11.3. The number of rotatable bonds is 8. The zero-order valence-electron chi connectivity index (χ0n) is 11.3. The van der Waals surface area contributed by atoms with Crippen LogP contribution in [-0.2, 0) is 11.2 Å². The van der Waals surface area contributed by atoms with Crippen LogP contribution in [0.15, 0.2) is 24.3 Å². The van der Waals surface area contributed by atoms with Gasteiger partial charge in [-0.1, -0.05) is 38.0 Å². The Kier molecular flexibility index (Phi) is 6.64. The van der Waals surface area contributed by atoms with Crippen LogP contribution in [0.2, 0.25) is 0 Å². The molecule has 0 aromatic heterocycles. The first-order valence-corrected chi connectivity index (χ1v) is 6.73. The molecule has 0 saturated carbocycles. The smallest absolute Gasteiger partial charge is 0.335 e. The van der Waals surface area contributed by atoms with E-state index in [2.05, 4.69) is 12.2 Å². The van der Waals surface area contributed by atoms with Crippen molar-refractivity contribution in [2.75, 3.05) is 6.54 Å². The van der Waals surface area contributed by atoms with Crippen LogP contribution in [-0.4, -0.2) is 23.5 Å². The van der Waals surface area contributed by atoms with E-state index in [1.54, 1.807) is 24.3 Å². The highest BCUT2D eigenvalue weighted by atomic mass is 16.4. The quantitative estimate of drug-likeness (QED) is 0.708. The highest BCUT2D eigenvalue weighted by Gasteiger charge is 2.10. The number of amides is 1. The van der Waals surface area contributed by atoms with E-state index >= 15 is 0 Å². The van der Waals surface area contributed by atoms with Gasteiger partial charge in [0.15, 0.2) is 0 Å². The standard InChI is InChI=1S/C15H21NO3/c1-2-3-6-11-16-14(17)10-9-12-7-4-5-8-13(12)15(18)19/h4-5,7-8H,2-3,6,9-11H2,1H3,(H,16,17)(H,18,19). The minimum absolute atomic E-state index is 0.0173. The maximum atomic E-state index is 11.6. The first kappa shape index (κ1) is 15.2. The van der Waals surface area contributed by atoms with Crippen molar-refractivity contribution in [2.45, 2.75) is 39.0 Å². The molecule has 0 bridgehead atoms. The highest BCUT2D eigenvalue weighted by Crippen LogP contribution is 2.11. The van der Waals surface area contributed by atoms with Gasteiger partial charge in [-0.05, 0) is 24.5 Å². The van der Waals surface area contributed by atoms with E-state index in [0.717, 1.165) is 19.3 Å². The molecular formula is C15H21NO3. The number of aryl methyl sites for hydroxylation is 1. The number of carboxylic acids is 1. The predicted octanol–water partition coefficient (Wildman–Crippen LogP) is 2.62. The molecule has 104 valence electrons. The highest BCUT2D eigenvalue weighted by molar-refractivity contribution is 5.89. The van der Waals surface area contributed by atoms with Crippen LogP contribution in [0.4, 0.5) is 0 Å². The molecular weight excluding hydrogens is 242 g/mol. The molecule has 0 heterocycles. The Bertz CT molecular complexity index is 429. The van der Waals surface area contributed by atoms with Crippen LogP contribution < -0.4 is 5.32 Å². The summed E-state index contributed by atoms with van der Waals surface area (Å²) in [5, 5.41) is 11.9. The Morgan fingerprint density at radius 2 is 1.95 bits per heavy atom. The number of carboxylic acid groups (broad SMARTS) is 1. The fourth-order valence-corrected chi connectivity index (χ4v) is 1.89. The van der Waals surface area contributed by atoms with Crippen molar-refractivity contribution in [1.82, 2.24) is 5.32 Å². The number of carbonyl (C=O) groups excluding carboxylic acids is 1. The summed E-state index contributed by atoms with van der Waals surface area (Å²) in [5.74, 6) is -0.963. The summed E-state index contributed by atoms with van der Waals surface area (Å²) in [4.78, 5) is 22.6. The van der Waals surface area contributed by atoms with E-state index in [9.17, 15) is 9.59 Å². The van der Waals surface area contributed by atoms with Gasteiger partial charge in [0.1, 0.15) is 0 Å². The monoisotopic (exact) mass is 263 g/mol. The van der Waals surface area contributed by atoms with Crippen molar-refractivity contribution in [1.29, 1.82) is 0 Å². The molecule has 0 aliphatic carbocycles. The van der Waals surface area contributed by atoms with Crippen molar-refractivity contribution in [3.63, 3.8) is 0 Å². The third-order valence-corrected chi connectivity index (χ3v) is 2.97. The second-order valence-corrected chi connectivity index (χ2v) is 4.52. The minimum atomic E-state index is -0.945. The second-order valence-electron chi connectivity index (χ2n) is 4.52. The molecule has 19 heavy (non-hydrogen) atoms. The molecule has 1 rings (SSSR count). The summed E-state index contributed by atoms with van der Waals surface area (Å²) in [6.45, 7) is 2.82. The van der Waals surface area contributed by atoms with E-state index < -0.39 is 5.97 Å². The molecule has 0 spiro atoms. The van der Waals surface area contributed by atoms with Crippen LogP contribution in [0.5, 0.6) is 0 Å². The van der Waals surface area contributed by atoms with Crippen molar-refractivity contribution in [3.05, 3.63) is 35.4 Å². The van der Waals surface area contributed by atoms with Gasteiger partial charge in [0.2, 0.25) is 5.91 Å². The predicted molar refractivity (Wildman–Crippen MR) is 74.3 cm³/mol. The minimum Gasteiger partial charge on any atom is -0.478 e. The number of unbranched alkanes of at least 4 members (excludes halogenated alkanes) is 2. The van der Waals surface area contributed by atoms with E-state index in [1.807, 2.05) is 0 Å². The van der Waals surface area contributed by atoms with Crippen molar-refractivity contribution in [2.24, 2.45) is 0 Å². The Hall–Kier alpha value is -1.84. The maximum Gasteiger partial charge on any atom is 0.335 e. The Morgan fingerprint density at radius 1 is 1.21 bits per heavy atom. The zero-order chi connectivity index (χ0) is 14.1. The van der Waals surface area contributed by atoms with Crippen LogP contribution in [0, 0.1) is 0 Å². The lowest BCUT2D eigenvalue weighted by Gasteiger charge is -2.07. The van der Waals surface area contributed by atoms with Crippen molar-refractivity contribution < 1.29 is 14.7 Å². The van der Waals surface area contributed by atoms with Crippen LogP contribution in [0.25, 0.3) is 0 Å². The molecule has 0 radical (unpaired) electrons. The molecule has 0 fully saturated rings. The summed E-state index contributed by atoms with van der Waals surface area (Å²) < 4.78 is 0. The molecule has 0 saturated heterocycles. The molecule has 0 aliphatic heterocycles. The summed E-state index contributed by atoms with van der Waals surface area (Å²) in [5.41, 5.74) is 0.986. The topological polar surface area (TPSA) is 66.4 Å². The van der Waals surface area contributed by atoms with Gasteiger partial charge in [0.05, 0.1) is 5.56 Å². The number of carbonyl (C=O) groups is 2. The van der Waals surface area contributed by atoms with Gasteiger partial charge < -0.3 is 10.4 Å². The van der Waals surface area contributed by atoms with Crippen LogP contribution in [0.1, 0.15) is 48.5 Å². The molecule has 2 N–H and O–H groups in total. The van der Waals surface area contributed by atoms with Crippen molar-refractivity contribution >= 4 is 11.9 Å². The lowest BCUT2D eigenvalue weighted by molar-refractivity contribution is -0.121. The lowest BCUT2D eigenvalue weighted by atomic mass is 10.0. The molecule has 4 heteroatoms. The average molecular weight is 263 g/mol. The first-order chi connectivity index (χ1) is 9.15. The second kappa shape index (κ2) is 8.29. The fraction of sp³-hybridized carbons (Fsp3) is 0.467. The van der Waals surface area contributed by atoms with Gasteiger partial charge in [-0.15, -0.1) is 0 Å². The number of nitrogens with one attached hydrogen (secondary N) is 1. The van der Waals surface area contributed by atoms with E-state index in [1.165, 1.54) is 0 Å². The molecule has 1 amide bonds. The molecule has 0 atom stereocenters. The summed E-state index contributed by atoms with van der Waals surface area (Å²) in [6, 6.07) is 6.81. The number of hydrogen-bond donors (Lipinski definition) is 2. The molecule has 0 aliphatic rings. The summed E-state index contributed by atoms with van der Waals surface area (Å²) in [6.07, 6.45) is 4.02. The van der Waals surface area contributed by atoms with Gasteiger partial charge in [0, 0.05) is 13.0 Å². The number of aromatic carboxylic acids is 1. The van der Waals surface area contributed by atoms with Gasteiger partial charge in [-0.25, -0.2) is 4.79 Å². The summed E-state index contributed by atoms with van der Waals surface area (Å²) in [7, 11) is 0. The van der Waals surface area contributed by atoms with Gasteiger partial charge in [-0.3, -0.25) is 4.79 Å². The normalized spacial score (nSPS) is 10.2. The Morgan fingerprint density at radius 3 is 2.63 bits per heavy atom.